The van der Waals surface area contributed by atoms with Crippen LogP contribution in [-0.4, -0.2) is 54.8 Å². The van der Waals surface area contributed by atoms with Gasteiger partial charge in [-0.1, -0.05) is 6.07 Å². The maximum Gasteiger partial charge on any atom is 0.338 e. The van der Waals surface area contributed by atoms with Gasteiger partial charge in [-0.3, -0.25) is 0 Å². The molecule has 3 fully saturated rings. The molecule has 25 heavy (non-hydrogen) atoms. The Kier molecular flexibility index (Phi) is 4.52. The van der Waals surface area contributed by atoms with Crippen LogP contribution in [0.5, 0.6) is 0 Å². The third kappa shape index (κ3) is 3.07. The van der Waals surface area contributed by atoms with Crippen molar-refractivity contribution in [2.45, 2.75) is 25.3 Å². The first-order valence-corrected chi connectivity index (χ1v) is 9.28. The van der Waals surface area contributed by atoms with Gasteiger partial charge in [-0.25, -0.2) is 4.79 Å². The lowest BCUT2D eigenvalue weighted by molar-refractivity contribution is 0.0603. The standard InChI is InChI=1S/C20H27N3O2/c1-22-12-15(19-16(20(24)25-2)4-3-5-18(19)22)6-9-21-17-13-23-10-7-14(17)8-11-23/h3-5,12,14,17,21H,6-11,13H2,1-2H3/t17-/m0/s1. The molecule has 0 saturated carbocycles. The molecule has 0 aliphatic carbocycles. The molecule has 5 rings (SSSR count). The number of nitrogens with zero attached hydrogens (tertiary/aromatic N) is 2. The lowest BCUT2D eigenvalue weighted by atomic mass is 9.84. The van der Waals surface area contributed by atoms with E-state index >= 15 is 0 Å². The number of rotatable bonds is 5. The number of aryl methyl sites for hydroxylation is 1. The van der Waals surface area contributed by atoms with Gasteiger partial charge in [0.05, 0.1) is 12.7 Å². The monoisotopic (exact) mass is 341 g/mol. The minimum Gasteiger partial charge on any atom is -0.465 e. The molecule has 134 valence electrons. The first-order chi connectivity index (χ1) is 12.2. The summed E-state index contributed by atoms with van der Waals surface area (Å²) in [7, 11) is 3.48. The van der Waals surface area contributed by atoms with E-state index in [9.17, 15) is 4.79 Å². The van der Waals surface area contributed by atoms with Gasteiger partial charge in [0.2, 0.25) is 0 Å². The zero-order valence-corrected chi connectivity index (χ0v) is 15.1. The minimum atomic E-state index is -0.261. The Balaban J connectivity index is 1.50. The van der Waals surface area contributed by atoms with Crippen LogP contribution in [-0.2, 0) is 18.2 Å². The Morgan fingerprint density at radius 2 is 2.12 bits per heavy atom. The Bertz CT molecular complexity index is 775. The van der Waals surface area contributed by atoms with E-state index < -0.39 is 0 Å². The number of carbonyl (C=O) groups is 1. The fraction of sp³-hybridized carbons (Fsp3) is 0.550. The first kappa shape index (κ1) is 16.6. The molecule has 2 aromatic rings. The summed E-state index contributed by atoms with van der Waals surface area (Å²) in [4.78, 5) is 14.7. The number of hydrogen-bond donors (Lipinski definition) is 1. The molecule has 0 radical (unpaired) electrons. The number of piperidine rings is 3. The van der Waals surface area contributed by atoms with Crippen molar-refractivity contribution in [3.63, 3.8) is 0 Å². The fourth-order valence-electron chi connectivity index (χ4n) is 4.60. The quantitative estimate of drug-likeness (QED) is 0.847. The van der Waals surface area contributed by atoms with E-state index in [0.717, 1.165) is 29.8 Å². The van der Waals surface area contributed by atoms with E-state index in [0.29, 0.717) is 11.6 Å². The molecule has 0 unspecified atom stereocenters. The maximum absolute atomic E-state index is 12.1. The molecule has 3 aliphatic heterocycles. The van der Waals surface area contributed by atoms with Crippen molar-refractivity contribution >= 4 is 16.9 Å². The smallest absolute Gasteiger partial charge is 0.338 e. The SMILES string of the molecule is COC(=O)c1cccc2c1c(CCN[C@H]1CN3CCC1CC3)cn2C. The van der Waals surface area contributed by atoms with Crippen LogP contribution in [0.3, 0.4) is 0 Å². The molecule has 1 aromatic heterocycles. The largest absolute Gasteiger partial charge is 0.465 e. The molecule has 5 heteroatoms. The molecule has 2 bridgehead atoms. The van der Waals surface area contributed by atoms with Crippen molar-refractivity contribution in [3.05, 3.63) is 35.5 Å². The van der Waals surface area contributed by atoms with Crippen LogP contribution in [0.2, 0.25) is 0 Å². The molecule has 4 heterocycles. The van der Waals surface area contributed by atoms with Gasteiger partial charge in [0.25, 0.3) is 0 Å². The number of carbonyl (C=O) groups excluding carboxylic acids is 1. The van der Waals surface area contributed by atoms with Crippen LogP contribution in [0, 0.1) is 5.92 Å². The number of fused-ring (bicyclic) bond motifs is 4. The highest BCUT2D eigenvalue weighted by Crippen LogP contribution is 2.28. The van der Waals surface area contributed by atoms with Crippen LogP contribution in [0.4, 0.5) is 0 Å². The minimum absolute atomic E-state index is 0.261. The van der Waals surface area contributed by atoms with E-state index in [-0.39, 0.29) is 5.97 Å². The summed E-state index contributed by atoms with van der Waals surface area (Å²) in [5, 5.41) is 4.81. The van der Waals surface area contributed by atoms with Crippen LogP contribution >= 0.6 is 0 Å². The summed E-state index contributed by atoms with van der Waals surface area (Å²) < 4.78 is 7.07. The van der Waals surface area contributed by atoms with E-state index in [1.54, 1.807) is 0 Å². The van der Waals surface area contributed by atoms with Crippen LogP contribution in [0.1, 0.15) is 28.8 Å². The van der Waals surface area contributed by atoms with Gasteiger partial charge in [0.15, 0.2) is 0 Å². The molecule has 1 atom stereocenters. The van der Waals surface area contributed by atoms with Crippen molar-refractivity contribution in [1.82, 2.24) is 14.8 Å². The molecule has 1 N–H and O–H groups in total. The first-order valence-electron chi connectivity index (χ1n) is 9.28. The zero-order chi connectivity index (χ0) is 17.4. The Labute approximate surface area is 148 Å². The summed E-state index contributed by atoms with van der Waals surface area (Å²) in [6.07, 6.45) is 5.74. The second kappa shape index (κ2) is 6.81. The van der Waals surface area contributed by atoms with Crippen LogP contribution in [0.25, 0.3) is 10.9 Å². The second-order valence-electron chi connectivity index (χ2n) is 7.41. The van der Waals surface area contributed by atoms with E-state index in [4.69, 9.17) is 4.74 Å². The van der Waals surface area contributed by atoms with Crippen molar-refractivity contribution in [1.29, 1.82) is 0 Å². The van der Waals surface area contributed by atoms with Gasteiger partial charge < -0.3 is 19.5 Å². The molecule has 3 saturated heterocycles. The summed E-state index contributed by atoms with van der Waals surface area (Å²) in [5.41, 5.74) is 2.96. The number of benzene rings is 1. The topological polar surface area (TPSA) is 46.5 Å². The molecular formula is C20H27N3O2. The van der Waals surface area contributed by atoms with Gasteiger partial charge in [-0.15, -0.1) is 0 Å². The molecule has 0 spiro atoms. The highest BCUT2D eigenvalue weighted by atomic mass is 16.5. The van der Waals surface area contributed by atoms with Crippen LogP contribution < -0.4 is 5.32 Å². The maximum atomic E-state index is 12.1. The summed E-state index contributed by atoms with van der Waals surface area (Å²) in [6, 6.07) is 6.46. The second-order valence-corrected chi connectivity index (χ2v) is 7.41. The predicted molar refractivity (Wildman–Crippen MR) is 98.9 cm³/mol. The van der Waals surface area contributed by atoms with Crippen molar-refractivity contribution in [2.24, 2.45) is 13.0 Å². The normalized spacial score (nSPS) is 25.4. The van der Waals surface area contributed by atoms with Crippen molar-refractivity contribution in [2.75, 3.05) is 33.3 Å². The average molecular weight is 341 g/mol. The molecule has 3 aliphatic rings. The number of esters is 1. The highest BCUT2D eigenvalue weighted by molar-refractivity contribution is 6.05. The number of methoxy groups -OCH3 is 1. The fourth-order valence-corrected chi connectivity index (χ4v) is 4.60. The van der Waals surface area contributed by atoms with Gasteiger partial charge >= 0.3 is 5.97 Å². The van der Waals surface area contributed by atoms with Gasteiger partial charge in [0.1, 0.15) is 0 Å². The lowest BCUT2D eigenvalue weighted by Gasteiger charge is -2.45. The molecule has 5 nitrogen and oxygen atoms in total. The summed E-state index contributed by atoms with van der Waals surface area (Å²) in [6.45, 7) is 4.68. The Morgan fingerprint density at radius 1 is 1.32 bits per heavy atom. The average Bonchev–Trinajstić information content (AvgIpc) is 2.98. The highest BCUT2D eigenvalue weighted by Gasteiger charge is 2.33. The number of aromatic nitrogens is 1. The van der Waals surface area contributed by atoms with Gasteiger partial charge in [-0.05, 0) is 62.5 Å². The van der Waals surface area contributed by atoms with Crippen LogP contribution in [0.15, 0.2) is 24.4 Å². The summed E-state index contributed by atoms with van der Waals surface area (Å²) >= 11 is 0. The molecular weight excluding hydrogens is 314 g/mol. The number of ether oxygens (including phenoxy) is 1. The third-order valence-corrected chi connectivity index (χ3v) is 5.96. The predicted octanol–water partition coefficient (Wildman–Crippen LogP) is 2.19. The summed E-state index contributed by atoms with van der Waals surface area (Å²) in [5.74, 6) is 0.576. The van der Waals surface area contributed by atoms with E-state index in [1.807, 2.05) is 19.2 Å². The zero-order valence-electron chi connectivity index (χ0n) is 15.1. The Morgan fingerprint density at radius 3 is 2.80 bits per heavy atom. The third-order valence-electron chi connectivity index (χ3n) is 5.96. The van der Waals surface area contributed by atoms with Gasteiger partial charge in [0, 0.05) is 36.7 Å². The van der Waals surface area contributed by atoms with Crippen molar-refractivity contribution in [3.8, 4) is 0 Å². The van der Waals surface area contributed by atoms with Gasteiger partial charge in [-0.2, -0.15) is 0 Å². The van der Waals surface area contributed by atoms with Crippen molar-refractivity contribution < 1.29 is 9.53 Å². The number of nitrogens with one attached hydrogen (secondary N) is 1. The Hall–Kier alpha value is -1.85. The lowest BCUT2D eigenvalue weighted by Crippen LogP contribution is -2.56. The number of hydrogen-bond acceptors (Lipinski definition) is 4. The van der Waals surface area contributed by atoms with E-state index in [2.05, 4.69) is 27.0 Å². The molecule has 1 aromatic carbocycles. The molecule has 0 amide bonds. The van der Waals surface area contributed by atoms with E-state index in [1.165, 1.54) is 45.1 Å².